The van der Waals surface area contributed by atoms with Crippen LogP contribution in [0.15, 0.2) is 0 Å². The lowest BCUT2D eigenvalue weighted by atomic mass is 10.5. The van der Waals surface area contributed by atoms with Gasteiger partial charge in [0.25, 0.3) is 0 Å². The smallest absolute Gasteiger partial charge is 0.243 e. The molecule has 0 aliphatic heterocycles. The van der Waals surface area contributed by atoms with Crippen LogP contribution in [0.25, 0.3) is 0 Å². The summed E-state index contributed by atoms with van der Waals surface area (Å²) in [5, 5.41) is 13.6. The van der Waals surface area contributed by atoms with Gasteiger partial charge < -0.3 is 10.2 Å². The van der Waals surface area contributed by atoms with Crippen molar-refractivity contribution in [2.24, 2.45) is 7.05 Å². The van der Waals surface area contributed by atoms with Gasteiger partial charge in [-0.05, 0) is 17.4 Å². The van der Waals surface area contributed by atoms with Gasteiger partial charge in [-0.1, -0.05) is 5.10 Å². The quantitative estimate of drug-likeness (QED) is 0.678. The van der Waals surface area contributed by atoms with Crippen LogP contribution in [0.5, 0.6) is 0 Å². The number of nitrogens with zero attached hydrogens (tertiary/aromatic N) is 5. The molecule has 0 radical (unpaired) electrons. The Balaban J connectivity index is 2.41. The minimum atomic E-state index is 0.00972. The molecule has 0 atom stereocenters. The van der Waals surface area contributed by atoms with Crippen LogP contribution in [-0.2, 0) is 11.8 Å². The molecule has 1 aromatic rings. The highest BCUT2D eigenvalue weighted by atomic mass is 16.2. The maximum Gasteiger partial charge on any atom is 0.243 e. The predicted octanol–water partition coefficient (Wildman–Crippen LogP) is -0.900. The Bertz CT molecular complexity index is 309. The first kappa shape index (κ1) is 10.4. The molecule has 0 spiro atoms. The van der Waals surface area contributed by atoms with Crippen molar-refractivity contribution in [1.82, 2.24) is 25.1 Å². The third-order valence-electron chi connectivity index (χ3n) is 1.92. The zero-order chi connectivity index (χ0) is 10.6. The van der Waals surface area contributed by atoms with Crippen molar-refractivity contribution in [2.45, 2.75) is 6.92 Å². The van der Waals surface area contributed by atoms with E-state index in [0.717, 1.165) is 0 Å². The molecule has 1 amide bonds. The van der Waals surface area contributed by atoms with Gasteiger partial charge in [-0.2, -0.15) is 0 Å². The normalized spacial score (nSPS) is 9.93. The summed E-state index contributed by atoms with van der Waals surface area (Å²) in [6.45, 7) is 2.82. The Morgan fingerprint density at radius 2 is 2.36 bits per heavy atom. The molecule has 1 heterocycles. The van der Waals surface area contributed by atoms with Crippen LogP contribution in [0.3, 0.4) is 0 Å². The summed E-state index contributed by atoms with van der Waals surface area (Å²) in [6, 6.07) is 0. The van der Waals surface area contributed by atoms with Crippen LogP contribution in [0.1, 0.15) is 6.92 Å². The van der Waals surface area contributed by atoms with Gasteiger partial charge in [0.05, 0.1) is 6.54 Å². The molecule has 0 unspecified atom stereocenters. The summed E-state index contributed by atoms with van der Waals surface area (Å²) in [5.41, 5.74) is 0. The second-order valence-corrected chi connectivity index (χ2v) is 2.89. The minimum Gasteiger partial charge on any atom is -0.345 e. The third kappa shape index (κ3) is 2.41. The number of anilines is 1. The molecule has 0 aromatic carbocycles. The van der Waals surface area contributed by atoms with Crippen molar-refractivity contribution in [2.75, 3.05) is 25.5 Å². The number of amides is 1. The van der Waals surface area contributed by atoms with Crippen LogP contribution >= 0.6 is 0 Å². The number of aromatic nitrogens is 4. The highest BCUT2D eigenvalue weighted by Gasteiger charge is 2.07. The molecule has 1 aromatic heterocycles. The fraction of sp³-hybridized carbons (Fsp3) is 0.714. The van der Waals surface area contributed by atoms with E-state index in [1.54, 1.807) is 19.0 Å². The maximum absolute atomic E-state index is 11.4. The Morgan fingerprint density at radius 1 is 1.64 bits per heavy atom. The van der Waals surface area contributed by atoms with E-state index in [0.29, 0.717) is 12.5 Å². The van der Waals surface area contributed by atoms with E-state index in [-0.39, 0.29) is 12.5 Å². The summed E-state index contributed by atoms with van der Waals surface area (Å²) >= 11 is 0. The molecular formula is C7H14N6O. The third-order valence-corrected chi connectivity index (χ3v) is 1.92. The van der Waals surface area contributed by atoms with Gasteiger partial charge in [0.15, 0.2) is 0 Å². The van der Waals surface area contributed by atoms with Gasteiger partial charge in [-0.15, -0.1) is 0 Å². The Labute approximate surface area is 82.1 Å². The van der Waals surface area contributed by atoms with E-state index >= 15 is 0 Å². The second kappa shape index (κ2) is 4.54. The molecule has 0 bridgehead atoms. The first-order valence-electron chi connectivity index (χ1n) is 4.35. The van der Waals surface area contributed by atoms with Gasteiger partial charge in [-0.25, -0.2) is 4.68 Å². The molecule has 1 rings (SSSR count). The molecule has 7 nitrogen and oxygen atoms in total. The van der Waals surface area contributed by atoms with Gasteiger partial charge in [0.2, 0.25) is 11.9 Å². The van der Waals surface area contributed by atoms with Gasteiger partial charge in [0, 0.05) is 20.6 Å². The topological polar surface area (TPSA) is 75.9 Å². The number of rotatable bonds is 4. The average molecular weight is 198 g/mol. The summed E-state index contributed by atoms with van der Waals surface area (Å²) in [4.78, 5) is 13.0. The summed E-state index contributed by atoms with van der Waals surface area (Å²) < 4.78 is 1.47. The van der Waals surface area contributed by atoms with Crippen molar-refractivity contribution >= 4 is 11.9 Å². The number of likely N-dealkylation sites (N-methyl/N-ethyl adjacent to an activating group) is 1. The lowest BCUT2D eigenvalue weighted by molar-refractivity contribution is -0.127. The molecule has 1 N–H and O–H groups in total. The van der Waals surface area contributed by atoms with Crippen LogP contribution in [0, 0.1) is 0 Å². The largest absolute Gasteiger partial charge is 0.345 e. The van der Waals surface area contributed by atoms with E-state index in [1.807, 2.05) is 6.92 Å². The highest BCUT2D eigenvalue weighted by molar-refractivity contribution is 5.80. The average Bonchev–Trinajstić information content (AvgIpc) is 2.59. The van der Waals surface area contributed by atoms with E-state index < -0.39 is 0 Å². The fourth-order valence-corrected chi connectivity index (χ4v) is 0.845. The number of tetrazole rings is 1. The zero-order valence-electron chi connectivity index (χ0n) is 8.56. The zero-order valence-corrected chi connectivity index (χ0v) is 8.56. The molecule has 14 heavy (non-hydrogen) atoms. The lowest BCUT2D eigenvalue weighted by Crippen LogP contribution is -2.32. The standard InChI is InChI=1S/C7H14N6O/c1-4-12(2)6(14)5-8-7-9-10-11-13(7)3/h4-5H2,1-3H3,(H,8,9,11). The summed E-state index contributed by atoms with van der Waals surface area (Å²) in [7, 11) is 3.45. The number of hydrogen-bond acceptors (Lipinski definition) is 5. The number of aryl methyl sites for hydroxylation is 1. The minimum absolute atomic E-state index is 0.00972. The van der Waals surface area contributed by atoms with Gasteiger partial charge in [-0.3, -0.25) is 4.79 Å². The van der Waals surface area contributed by atoms with Crippen LogP contribution < -0.4 is 5.32 Å². The van der Waals surface area contributed by atoms with Crippen molar-refractivity contribution in [3.63, 3.8) is 0 Å². The molecule has 7 heteroatoms. The molecule has 0 saturated carbocycles. The second-order valence-electron chi connectivity index (χ2n) is 2.89. The fourth-order valence-electron chi connectivity index (χ4n) is 0.845. The molecule has 78 valence electrons. The summed E-state index contributed by atoms with van der Waals surface area (Å²) in [6.07, 6.45) is 0. The van der Waals surface area contributed by atoms with Crippen molar-refractivity contribution in [3.8, 4) is 0 Å². The van der Waals surface area contributed by atoms with Gasteiger partial charge >= 0.3 is 0 Å². The first-order chi connectivity index (χ1) is 6.65. The Morgan fingerprint density at radius 3 is 2.86 bits per heavy atom. The SMILES string of the molecule is CCN(C)C(=O)CNc1nnnn1C. The van der Waals surface area contributed by atoms with E-state index in [4.69, 9.17) is 0 Å². The molecular weight excluding hydrogens is 184 g/mol. The molecule has 0 aliphatic carbocycles. The number of carbonyl (C=O) groups is 1. The summed E-state index contributed by atoms with van der Waals surface area (Å²) in [5.74, 6) is 0.498. The Hall–Kier alpha value is -1.66. The molecule has 0 aliphatic rings. The van der Waals surface area contributed by atoms with Gasteiger partial charge in [0.1, 0.15) is 0 Å². The lowest BCUT2D eigenvalue weighted by Gasteiger charge is -2.14. The van der Waals surface area contributed by atoms with Crippen molar-refractivity contribution in [3.05, 3.63) is 0 Å². The van der Waals surface area contributed by atoms with Crippen LogP contribution in [-0.4, -0.2) is 51.2 Å². The van der Waals surface area contributed by atoms with E-state index in [1.165, 1.54) is 4.68 Å². The number of nitrogens with one attached hydrogen (secondary N) is 1. The highest BCUT2D eigenvalue weighted by Crippen LogP contribution is 1.95. The van der Waals surface area contributed by atoms with E-state index in [2.05, 4.69) is 20.8 Å². The van der Waals surface area contributed by atoms with Crippen molar-refractivity contribution in [1.29, 1.82) is 0 Å². The Kier molecular flexibility index (Phi) is 3.38. The monoisotopic (exact) mass is 198 g/mol. The molecule has 0 fully saturated rings. The van der Waals surface area contributed by atoms with Crippen LogP contribution in [0.4, 0.5) is 5.95 Å². The molecule has 0 saturated heterocycles. The van der Waals surface area contributed by atoms with E-state index in [9.17, 15) is 4.79 Å². The van der Waals surface area contributed by atoms with Crippen LogP contribution in [0.2, 0.25) is 0 Å². The first-order valence-corrected chi connectivity index (χ1v) is 4.35. The maximum atomic E-state index is 11.4. The predicted molar refractivity (Wildman–Crippen MR) is 50.6 cm³/mol. The number of hydrogen-bond donors (Lipinski definition) is 1. The van der Waals surface area contributed by atoms with Crippen molar-refractivity contribution < 1.29 is 4.79 Å². The number of carbonyl (C=O) groups excluding carboxylic acids is 1.